The van der Waals surface area contributed by atoms with Gasteiger partial charge in [0.2, 0.25) is 0 Å². The summed E-state index contributed by atoms with van der Waals surface area (Å²) in [4.78, 5) is 2.00. The van der Waals surface area contributed by atoms with E-state index in [0.717, 1.165) is 22.7 Å². The SMILES string of the molecule is COc1ccccc1N(C)c1ccc(F)cc1CC(C)N. The number of para-hydroxylation sites is 2. The van der Waals surface area contributed by atoms with Crippen LogP contribution in [0.3, 0.4) is 0 Å². The molecule has 0 saturated carbocycles. The lowest BCUT2D eigenvalue weighted by atomic mass is 10.0. The van der Waals surface area contributed by atoms with E-state index in [9.17, 15) is 4.39 Å². The molecule has 2 aromatic carbocycles. The van der Waals surface area contributed by atoms with Crippen molar-refractivity contribution in [3.05, 3.63) is 53.8 Å². The summed E-state index contributed by atoms with van der Waals surface area (Å²) in [5.74, 6) is 0.527. The molecular formula is C17H21FN2O. The Morgan fingerprint density at radius 1 is 1.19 bits per heavy atom. The van der Waals surface area contributed by atoms with Gasteiger partial charge in [0.05, 0.1) is 12.8 Å². The highest BCUT2D eigenvalue weighted by molar-refractivity contribution is 5.70. The topological polar surface area (TPSA) is 38.5 Å². The van der Waals surface area contributed by atoms with Crippen LogP contribution in [0.25, 0.3) is 0 Å². The van der Waals surface area contributed by atoms with Crippen LogP contribution >= 0.6 is 0 Å². The second kappa shape index (κ2) is 6.59. The summed E-state index contributed by atoms with van der Waals surface area (Å²) in [6.45, 7) is 1.91. The number of benzene rings is 2. The molecule has 0 aliphatic carbocycles. The Bertz CT molecular complexity index is 613. The number of anilines is 2. The predicted octanol–water partition coefficient (Wildman–Crippen LogP) is 3.49. The second-order valence-electron chi connectivity index (χ2n) is 5.19. The van der Waals surface area contributed by atoms with Gasteiger partial charge < -0.3 is 15.4 Å². The third-order valence-corrected chi connectivity index (χ3v) is 3.39. The molecule has 2 N–H and O–H groups in total. The predicted molar refractivity (Wildman–Crippen MR) is 84.8 cm³/mol. The molecule has 0 radical (unpaired) electrons. The van der Waals surface area contributed by atoms with Crippen LogP contribution in [-0.4, -0.2) is 20.2 Å². The zero-order valence-electron chi connectivity index (χ0n) is 12.6. The van der Waals surface area contributed by atoms with Crippen molar-refractivity contribution in [3.63, 3.8) is 0 Å². The monoisotopic (exact) mass is 288 g/mol. The maximum Gasteiger partial charge on any atom is 0.142 e. The summed E-state index contributed by atoms with van der Waals surface area (Å²) in [7, 11) is 3.58. The van der Waals surface area contributed by atoms with Crippen LogP contribution in [0.5, 0.6) is 5.75 Å². The van der Waals surface area contributed by atoms with E-state index in [1.54, 1.807) is 19.2 Å². The van der Waals surface area contributed by atoms with Crippen LogP contribution in [-0.2, 0) is 6.42 Å². The standard InChI is InChI=1S/C17H21FN2O/c1-12(19)10-13-11-14(18)8-9-15(13)20(2)16-6-4-5-7-17(16)21-3/h4-9,11-12H,10,19H2,1-3H3. The Kier molecular flexibility index (Phi) is 4.81. The van der Waals surface area contributed by atoms with Crippen molar-refractivity contribution in [3.8, 4) is 5.75 Å². The van der Waals surface area contributed by atoms with Gasteiger partial charge in [-0.3, -0.25) is 0 Å². The molecule has 1 atom stereocenters. The third kappa shape index (κ3) is 3.52. The molecule has 0 aliphatic heterocycles. The van der Waals surface area contributed by atoms with E-state index >= 15 is 0 Å². The number of ether oxygens (including phenoxy) is 1. The van der Waals surface area contributed by atoms with Crippen LogP contribution in [0.2, 0.25) is 0 Å². The van der Waals surface area contributed by atoms with Gasteiger partial charge in [0.15, 0.2) is 0 Å². The van der Waals surface area contributed by atoms with Crippen LogP contribution in [0.1, 0.15) is 12.5 Å². The van der Waals surface area contributed by atoms with E-state index in [2.05, 4.69) is 0 Å². The number of rotatable bonds is 5. The molecule has 1 unspecified atom stereocenters. The first-order chi connectivity index (χ1) is 10.0. The second-order valence-corrected chi connectivity index (χ2v) is 5.19. The zero-order chi connectivity index (χ0) is 15.4. The van der Waals surface area contributed by atoms with E-state index in [0.29, 0.717) is 6.42 Å². The average Bonchev–Trinajstić information content (AvgIpc) is 2.46. The minimum absolute atomic E-state index is 0.0309. The number of hydrogen-bond acceptors (Lipinski definition) is 3. The Balaban J connectivity index is 2.45. The fourth-order valence-corrected chi connectivity index (χ4v) is 2.43. The van der Waals surface area contributed by atoms with Gasteiger partial charge in [-0.15, -0.1) is 0 Å². The smallest absolute Gasteiger partial charge is 0.142 e. The molecule has 0 fully saturated rings. The van der Waals surface area contributed by atoms with Crippen LogP contribution in [0.4, 0.5) is 15.8 Å². The number of hydrogen-bond donors (Lipinski definition) is 1. The lowest BCUT2D eigenvalue weighted by Gasteiger charge is -2.25. The molecule has 0 bridgehead atoms. The highest BCUT2D eigenvalue weighted by Crippen LogP contribution is 2.34. The van der Waals surface area contributed by atoms with Crippen molar-refractivity contribution >= 4 is 11.4 Å². The molecular weight excluding hydrogens is 267 g/mol. The van der Waals surface area contributed by atoms with Crippen molar-refractivity contribution in [1.82, 2.24) is 0 Å². The van der Waals surface area contributed by atoms with Gasteiger partial charge in [0.25, 0.3) is 0 Å². The van der Waals surface area contributed by atoms with Gasteiger partial charge in [-0.05, 0) is 49.2 Å². The van der Waals surface area contributed by atoms with Crippen molar-refractivity contribution in [2.45, 2.75) is 19.4 Å². The van der Waals surface area contributed by atoms with Crippen LogP contribution in [0, 0.1) is 5.82 Å². The number of methoxy groups -OCH3 is 1. The normalized spacial score (nSPS) is 12.0. The van der Waals surface area contributed by atoms with Gasteiger partial charge in [-0.2, -0.15) is 0 Å². The third-order valence-electron chi connectivity index (χ3n) is 3.39. The molecule has 0 spiro atoms. The van der Waals surface area contributed by atoms with E-state index < -0.39 is 0 Å². The molecule has 2 aromatic rings. The minimum Gasteiger partial charge on any atom is -0.495 e. The Morgan fingerprint density at radius 3 is 2.57 bits per heavy atom. The molecule has 0 amide bonds. The number of nitrogens with zero attached hydrogens (tertiary/aromatic N) is 1. The summed E-state index contributed by atoms with van der Waals surface area (Å²) in [5.41, 5.74) is 8.62. The molecule has 21 heavy (non-hydrogen) atoms. The summed E-state index contributed by atoms with van der Waals surface area (Å²) in [6, 6.07) is 12.5. The largest absolute Gasteiger partial charge is 0.495 e. The summed E-state index contributed by atoms with van der Waals surface area (Å²) in [5, 5.41) is 0. The highest BCUT2D eigenvalue weighted by Gasteiger charge is 2.14. The number of nitrogens with two attached hydrogens (primary N) is 1. The molecule has 112 valence electrons. The lowest BCUT2D eigenvalue weighted by molar-refractivity contribution is 0.415. The zero-order valence-corrected chi connectivity index (χ0v) is 12.6. The van der Waals surface area contributed by atoms with Crippen LogP contribution < -0.4 is 15.4 Å². The van der Waals surface area contributed by atoms with Gasteiger partial charge in [-0.25, -0.2) is 4.39 Å². The first-order valence-electron chi connectivity index (χ1n) is 6.93. The van der Waals surface area contributed by atoms with Gasteiger partial charge >= 0.3 is 0 Å². The molecule has 4 heteroatoms. The first kappa shape index (κ1) is 15.3. The van der Waals surface area contributed by atoms with Crippen molar-refractivity contribution < 1.29 is 9.13 Å². The fourth-order valence-electron chi connectivity index (χ4n) is 2.43. The highest BCUT2D eigenvalue weighted by atomic mass is 19.1. The number of halogens is 1. The van der Waals surface area contributed by atoms with E-state index in [1.165, 1.54) is 6.07 Å². The van der Waals surface area contributed by atoms with Crippen molar-refractivity contribution in [1.29, 1.82) is 0 Å². The molecule has 0 aromatic heterocycles. The van der Waals surface area contributed by atoms with Crippen molar-refractivity contribution in [2.24, 2.45) is 5.73 Å². The summed E-state index contributed by atoms with van der Waals surface area (Å²) in [6.07, 6.45) is 0.618. The van der Waals surface area contributed by atoms with E-state index in [4.69, 9.17) is 10.5 Å². The minimum atomic E-state index is -0.247. The van der Waals surface area contributed by atoms with Gasteiger partial charge in [0, 0.05) is 18.8 Å². The molecule has 0 aliphatic rings. The summed E-state index contributed by atoms with van der Waals surface area (Å²) < 4.78 is 18.9. The Labute approximate surface area is 125 Å². The maximum atomic E-state index is 13.5. The van der Waals surface area contributed by atoms with Crippen molar-refractivity contribution in [2.75, 3.05) is 19.1 Å². The average molecular weight is 288 g/mol. The van der Waals surface area contributed by atoms with Gasteiger partial charge in [-0.1, -0.05) is 12.1 Å². The van der Waals surface area contributed by atoms with Gasteiger partial charge in [0.1, 0.15) is 11.6 Å². The lowest BCUT2D eigenvalue weighted by Crippen LogP contribution is -2.20. The maximum absolute atomic E-state index is 13.5. The molecule has 2 rings (SSSR count). The molecule has 0 heterocycles. The first-order valence-corrected chi connectivity index (χ1v) is 6.93. The summed E-state index contributed by atoms with van der Waals surface area (Å²) >= 11 is 0. The van der Waals surface area contributed by atoms with E-state index in [1.807, 2.05) is 43.1 Å². The molecule has 3 nitrogen and oxygen atoms in total. The Hall–Kier alpha value is -2.07. The van der Waals surface area contributed by atoms with E-state index in [-0.39, 0.29) is 11.9 Å². The Morgan fingerprint density at radius 2 is 1.90 bits per heavy atom. The fraction of sp³-hybridized carbons (Fsp3) is 0.294. The van der Waals surface area contributed by atoms with Crippen LogP contribution in [0.15, 0.2) is 42.5 Å². The quantitative estimate of drug-likeness (QED) is 0.915. The molecule has 0 saturated heterocycles.